The van der Waals surface area contributed by atoms with E-state index in [0.717, 1.165) is 0 Å². The lowest BCUT2D eigenvalue weighted by Crippen LogP contribution is -2.30. The molecule has 6 heteroatoms. The number of benzene rings is 1. The molecule has 6 nitrogen and oxygen atoms in total. The number of aromatic carboxylic acids is 1. The summed E-state index contributed by atoms with van der Waals surface area (Å²) in [6.07, 6.45) is 0.312. The van der Waals surface area contributed by atoms with Crippen molar-refractivity contribution < 1.29 is 19.5 Å². The molecule has 0 radical (unpaired) electrons. The first-order valence-electron chi connectivity index (χ1n) is 5.82. The van der Waals surface area contributed by atoms with Crippen LogP contribution in [0.1, 0.15) is 22.3 Å². The number of amides is 2. The maximum Gasteiger partial charge on any atom is 0.335 e. The molecular weight excluding hydrogens is 248 g/mol. The number of rotatable bonds is 6. The van der Waals surface area contributed by atoms with Crippen LogP contribution in [0.15, 0.2) is 24.3 Å². The Balaban J connectivity index is 2.46. The predicted octanol–water partition coefficient (Wildman–Crippen LogP) is 0.180. The SMILES string of the molecule is CNC(=O)CCNC(=O)Cc1cccc(C(=O)O)c1. The van der Waals surface area contributed by atoms with Crippen molar-refractivity contribution in [2.75, 3.05) is 13.6 Å². The highest BCUT2D eigenvalue weighted by Crippen LogP contribution is 2.06. The number of nitrogens with one attached hydrogen (secondary N) is 2. The lowest BCUT2D eigenvalue weighted by molar-refractivity contribution is -0.121. The van der Waals surface area contributed by atoms with Crippen molar-refractivity contribution in [2.45, 2.75) is 12.8 Å². The van der Waals surface area contributed by atoms with E-state index < -0.39 is 5.97 Å². The fourth-order valence-electron chi connectivity index (χ4n) is 1.50. The van der Waals surface area contributed by atoms with Gasteiger partial charge >= 0.3 is 5.97 Å². The van der Waals surface area contributed by atoms with Crippen LogP contribution >= 0.6 is 0 Å². The van der Waals surface area contributed by atoms with Gasteiger partial charge in [0, 0.05) is 20.0 Å². The first kappa shape index (κ1) is 14.7. The topological polar surface area (TPSA) is 95.5 Å². The molecule has 0 fully saturated rings. The predicted molar refractivity (Wildman–Crippen MR) is 68.8 cm³/mol. The standard InChI is InChI=1S/C13H16N2O4/c1-14-11(16)5-6-15-12(17)8-9-3-2-4-10(7-9)13(18)19/h2-4,7H,5-6,8H2,1H3,(H,14,16)(H,15,17)(H,18,19). The number of carbonyl (C=O) groups excluding carboxylic acids is 2. The zero-order valence-electron chi connectivity index (χ0n) is 10.6. The molecule has 1 aromatic carbocycles. The Morgan fingerprint density at radius 2 is 1.95 bits per heavy atom. The molecule has 0 aliphatic carbocycles. The van der Waals surface area contributed by atoms with Crippen LogP contribution in [0, 0.1) is 0 Å². The van der Waals surface area contributed by atoms with E-state index in [9.17, 15) is 14.4 Å². The molecule has 0 atom stereocenters. The molecule has 0 aromatic heterocycles. The molecule has 1 aromatic rings. The Kier molecular flexibility index (Phi) is 5.53. The van der Waals surface area contributed by atoms with Crippen molar-refractivity contribution in [1.29, 1.82) is 0 Å². The van der Waals surface area contributed by atoms with Gasteiger partial charge in [-0.15, -0.1) is 0 Å². The van der Waals surface area contributed by atoms with Gasteiger partial charge in [0.2, 0.25) is 11.8 Å². The molecule has 0 aliphatic heterocycles. The van der Waals surface area contributed by atoms with Crippen molar-refractivity contribution in [3.8, 4) is 0 Å². The van der Waals surface area contributed by atoms with Crippen LogP contribution in [-0.4, -0.2) is 36.5 Å². The van der Waals surface area contributed by atoms with Crippen LogP contribution in [0.4, 0.5) is 0 Å². The second-order valence-corrected chi connectivity index (χ2v) is 3.96. The Labute approximate surface area is 110 Å². The summed E-state index contributed by atoms with van der Waals surface area (Å²) < 4.78 is 0. The lowest BCUT2D eigenvalue weighted by atomic mass is 10.1. The second-order valence-electron chi connectivity index (χ2n) is 3.96. The van der Waals surface area contributed by atoms with E-state index in [4.69, 9.17) is 5.11 Å². The van der Waals surface area contributed by atoms with Gasteiger partial charge in [0.15, 0.2) is 0 Å². The summed E-state index contributed by atoms with van der Waals surface area (Å²) >= 11 is 0. The third-order valence-corrected chi connectivity index (χ3v) is 2.49. The van der Waals surface area contributed by atoms with E-state index in [1.807, 2.05) is 0 Å². The smallest absolute Gasteiger partial charge is 0.335 e. The van der Waals surface area contributed by atoms with Gasteiger partial charge < -0.3 is 15.7 Å². The monoisotopic (exact) mass is 264 g/mol. The third-order valence-electron chi connectivity index (χ3n) is 2.49. The molecule has 0 aliphatic rings. The summed E-state index contributed by atoms with van der Waals surface area (Å²) in [6.45, 7) is 0.261. The number of carboxylic acids is 1. The Morgan fingerprint density at radius 3 is 2.58 bits per heavy atom. The molecule has 0 saturated carbocycles. The highest BCUT2D eigenvalue weighted by molar-refractivity contribution is 5.88. The summed E-state index contributed by atoms with van der Waals surface area (Å²) in [5.74, 6) is -1.42. The Bertz CT molecular complexity index is 485. The molecule has 3 N–H and O–H groups in total. The summed E-state index contributed by atoms with van der Waals surface area (Å²) in [6, 6.07) is 6.21. The van der Waals surface area contributed by atoms with Crippen LogP contribution in [0.5, 0.6) is 0 Å². The van der Waals surface area contributed by atoms with E-state index in [0.29, 0.717) is 5.56 Å². The summed E-state index contributed by atoms with van der Waals surface area (Å²) in [5, 5.41) is 13.9. The summed E-state index contributed by atoms with van der Waals surface area (Å²) in [5.41, 5.74) is 0.771. The highest BCUT2D eigenvalue weighted by Gasteiger charge is 2.07. The van der Waals surface area contributed by atoms with Gasteiger partial charge in [0.05, 0.1) is 12.0 Å². The third kappa shape index (κ3) is 5.20. The number of carbonyl (C=O) groups is 3. The summed E-state index contributed by atoms with van der Waals surface area (Å²) in [7, 11) is 1.53. The van der Waals surface area contributed by atoms with Crippen LogP contribution in [0.3, 0.4) is 0 Å². The fraction of sp³-hybridized carbons (Fsp3) is 0.308. The van der Waals surface area contributed by atoms with Gasteiger partial charge in [0.1, 0.15) is 0 Å². The van der Waals surface area contributed by atoms with Gasteiger partial charge in [-0.1, -0.05) is 12.1 Å². The van der Waals surface area contributed by atoms with Crippen LogP contribution < -0.4 is 10.6 Å². The molecule has 0 unspecified atom stereocenters. The van der Waals surface area contributed by atoms with Gasteiger partial charge in [-0.05, 0) is 17.7 Å². The summed E-state index contributed by atoms with van der Waals surface area (Å²) in [4.78, 5) is 33.3. The van der Waals surface area contributed by atoms with E-state index in [-0.39, 0.29) is 36.8 Å². The quantitative estimate of drug-likeness (QED) is 0.683. The molecule has 0 bridgehead atoms. The zero-order valence-corrected chi connectivity index (χ0v) is 10.6. The van der Waals surface area contributed by atoms with Gasteiger partial charge in [0.25, 0.3) is 0 Å². The Hall–Kier alpha value is -2.37. The number of hydrogen-bond donors (Lipinski definition) is 3. The first-order valence-corrected chi connectivity index (χ1v) is 5.82. The van der Waals surface area contributed by atoms with Crippen LogP contribution in [0.25, 0.3) is 0 Å². The van der Waals surface area contributed by atoms with Crippen LogP contribution in [-0.2, 0) is 16.0 Å². The highest BCUT2D eigenvalue weighted by atomic mass is 16.4. The molecule has 0 saturated heterocycles. The van der Waals surface area contributed by atoms with Gasteiger partial charge in [-0.25, -0.2) is 4.79 Å². The molecule has 0 spiro atoms. The van der Waals surface area contributed by atoms with Gasteiger partial charge in [-0.3, -0.25) is 9.59 Å². The minimum atomic E-state index is -1.03. The normalized spacial score (nSPS) is 9.74. The minimum Gasteiger partial charge on any atom is -0.478 e. The van der Waals surface area contributed by atoms with E-state index in [1.54, 1.807) is 12.1 Å². The van der Waals surface area contributed by atoms with Crippen molar-refractivity contribution in [1.82, 2.24) is 10.6 Å². The van der Waals surface area contributed by atoms with Crippen LogP contribution in [0.2, 0.25) is 0 Å². The molecule has 102 valence electrons. The maximum absolute atomic E-state index is 11.6. The molecule has 1 rings (SSSR count). The average Bonchev–Trinajstić information content (AvgIpc) is 2.38. The lowest BCUT2D eigenvalue weighted by Gasteiger charge is -2.05. The zero-order chi connectivity index (χ0) is 14.3. The largest absolute Gasteiger partial charge is 0.478 e. The van der Waals surface area contributed by atoms with Crippen molar-refractivity contribution in [2.24, 2.45) is 0 Å². The Morgan fingerprint density at radius 1 is 1.21 bits per heavy atom. The molecule has 19 heavy (non-hydrogen) atoms. The number of hydrogen-bond acceptors (Lipinski definition) is 3. The minimum absolute atomic E-state index is 0.0921. The molecule has 0 heterocycles. The second kappa shape index (κ2) is 7.15. The average molecular weight is 264 g/mol. The van der Waals surface area contributed by atoms with Gasteiger partial charge in [-0.2, -0.15) is 0 Å². The van der Waals surface area contributed by atoms with E-state index in [1.165, 1.54) is 19.2 Å². The maximum atomic E-state index is 11.6. The van der Waals surface area contributed by atoms with Crippen molar-refractivity contribution >= 4 is 17.8 Å². The van der Waals surface area contributed by atoms with E-state index >= 15 is 0 Å². The molecular formula is C13H16N2O4. The van der Waals surface area contributed by atoms with E-state index in [2.05, 4.69) is 10.6 Å². The molecule has 2 amide bonds. The first-order chi connectivity index (χ1) is 9.02. The fourth-order valence-corrected chi connectivity index (χ4v) is 1.50. The van der Waals surface area contributed by atoms with Crippen molar-refractivity contribution in [3.63, 3.8) is 0 Å². The number of carboxylic acid groups (broad SMARTS) is 1. The van der Waals surface area contributed by atoms with Crippen molar-refractivity contribution in [3.05, 3.63) is 35.4 Å².